The minimum Gasteiger partial charge on any atom is -0.359 e. The molecule has 0 spiro atoms. The van der Waals surface area contributed by atoms with E-state index in [0.717, 1.165) is 17.3 Å². The number of rotatable bonds is 4. The summed E-state index contributed by atoms with van der Waals surface area (Å²) in [4.78, 5) is 5.12. The SMILES string of the molecule is C1=CCC([C@@H]2NC(SCc3cccc4ccccc34)=N[C@@H]2c2ccccc2)C=C1. The van der Waals surface area contributed by atoms with Gasteiger partial charge in [0.25, 0.3) is 0 Å². The van der Waals surface area contributed by atoms with Crippen molar-refractivity contribution in [2.75, 3.05) is 0 Å². The van der Waals surface area contributed by atoms with E-state index in [1.807, 2.05) is 11.8 Å². The maximum atomic E-state index is 5.12. The van der Waals surface area contributed by atoms with Crippen molar-refractivity contribution in [3.05, 3.63) is 108 Å². The Labute approximate surface area is 176 Å². The highest BCUT2D eigenvalue weighted by Gasteiger charge is 2.34. The van der Waals surface area contributed by atoms with Crippen LogP contribution in [0.15, 0.2) is 102 Å². The average molecular weight is 397 g/mol. The van der Waals surface area contributed by atoms with Crippen LogP contribution in [0.4, 0.5) is 0 Å². The van der Waals surface area contributed by atoms with Gasteiger partial charge in [-0.15, -0.1) is 0 Å². The summed E-state index contributed by atoms with van der Waals surface area (Å²) >= 11 is 1.81. The van der Waals surface area contributed by atoms with Gasteiger partial charge in [-0.2, -0.15) is 0 Å². The fraction of sp³-hybridized carbons (Fsp3) is 0.192. The summed E-state index contributed by atoms with van der Waals surface area (Å²) in [6.07, 6.45) is 9.95. The Bertz CT molecular complexity index is 1080. The Kier molecular flexibility index (Phi) is 5.23. The lowest BCUT2D eigenvalue weighted by molar-refractivity contribution is 0.425. The molecule has 3 heteroatoms. The van der Waals surface area contributed by atoms with Crippen molar-refractivity contribution in [2.24, 2.45) is 10.9 Å². The van der Waals surface area contributed by atoms with Gasteiger partial charge in [0.05, 0.1) is 12.1 Å². The van der Waals surface area contributed by atoms with E-state index in [9.17, 15) is 0 Å². The van der Waals surface area contributed by atoms with Crippen molar-refractivity contribution in [1.29, 1.82) is 0 Å². The smallest absolute Gasteiger partial charge is 0.157 e. The van der Waals surface area contributed by atoms with Crippen LogP contribution in [-0.2, 0) is 5.75 Å². The quantitative estimate of drug-likeness (QED) is 0.562. The molecule has 1 N–H and O–H groups in total. The zero-order valence-electron chi connectivity index (χ0n) is 16.2. The van der Waals surface area contributed by atoms with E-state index in [1.54, 1.807) is 0 Å². The van der Waals surface area contributed by atoms with Crippen LogP contribution in [-0.4, -0.2) is 11.2 Å². The lowest BCUT2D eigenvalue weighted by Crippen LogP contribution is -2.37. The molecule has 29 heavy (non-hydrogen) atoms. The lowest BCUT2D eigenvalue weighted by Gasteiger charge is -2.26. The predicted octanol–water partition coefficient (Wildman–Crippen LogP) is 6.27. The van der Waals surface area contributed by atoms with Gasteiger partial charge in [-0.05, 0) is 28.3 Å². The molecule has 0 aromatic heterocycles. The van der Waals surface area contributed by atoms with Crippen LogP contribution in [0, 0.1) is 5.92 Å². The normalized spacial score (nSPS) is 23.2. The molecule has 2 nitrogen and oxygen atoms in total. The van der Waals surface area contributed by atoms with Gasteiger partial charge in [-0.25, -0.2) is 0 Å². The van der Waals surface area contributed by atoms with Gasteiger partial charge in [-0.1, -0.05) is 109 Å². The van der Waals surface area contributed by atoms with Gasteiger partial charge in [0.15, 0.2) is 5.17 Å². The number of nitrogens with zero attached hydrogens (tertiary/aromatic N) is 1. The molecule has 0 saturated carbocycles. The number of benzene rings is 3. The van der Waals surface area contributed by atoms with E-state index < -0.39 is 0 Å². The number of allylic oxidation sites excluding steroid dienone is 3. The molecule has 2 aliphatic rings. The van der Waals surface area contributed by atoms with Crippen LogP contribution in [0.5, 0.6) is 0 Å². The number of aliphatic imine (C=N–C) groups is 1. The zero-order valence-corrected chi connectivity index (χ0v) is 17.1. The molecule has 0 saturated heterocycles. The Hall–Kier alpha value is -2.78. The van der Waals surface area contributed by atoms with Crippen molar-refractivity contribution in [1.82, 2.24) is 5.32 Å². The van der Waals surface area contributed by atoms with Crippen molar-refractivity contribution in [3.63, 3.8) is 0 Å². The molecule has 0 radical (unpaired) electrons. The van der Waals surface area contributed by atoms with Gasteiger partial charge in [0.2, 0.25) is 0 Å². The third-order valence-corrected chi connectivity index (χ3v) is 6.70. The molecule has 1 heterocycles. The van der Waals surface area contributed by atoms with Crippen molar-refractivity contribution < 1.29 is 0 Å². The topological polar surface area (TPSA) is 24.4 Å². The van der Waals surface area contributed by atoms with Crippen molar-refractivity contribution in [3.8, 4) is 0 Å². The van der Waals surface area contributed by atoms with Crippen molar-refractivity contribution >= 4 is 27.7 Å². The summed E-state index contributed by atoms with van der Waals surface area (Å²) in [7, 11) is 0. The standard InChI is InChI=1S/C26H24N2S/c1-3-11-20(12-4-1)24-25(21-13-5-2-6-14-21)28-26(27-24)29-18-22-16-9-15-19-10-7-8-17-23(19)22/h1-13,15-17,21,24-25H,14,18H2,(H,27,28)/t21?,24-,25+/m1/s1. The first-order valence-electron chi connectivity index (χ1n) is 10.2. The minimum absolute atomic E-state index is 0.160. The first-order chi connectivity index (χ1) is 14.4. The van der Waals surface area contributed by atoms with Crippen LogP contribution >= 0.6 is 11.8 Å². The predicted molar refractivity (Wildman–Crippen MR) is 125 cm³/mol. The molecule has 0 amide bonds. The highest BCUT2D eigenvalue weighted by atomic mass is 32.2. The molecule has 3 aromatic carbocycles. The highest BCUT2D eigenvalue weighted by molar-refractivity contribution is 8.13. The van der Waals surface area contributed by atoms with Gasteiger partial charge < -0.3 is 5.32 Å². The zero-order chi connectivity index (χ0) is 19.5. The molecule has 1 unspecified atom stereocenters. The monoisotopic (exact) mass is 396 g/mol. The first-order valence-corrected chi connectivity index (χ1v) is 11.2. The van der Waals surface area contributed by atoms with Crippen LogP contribution in [0.3, 0.4) is 0 Å². The van der Waals surface area contributed by atoms with Crippen molar-refractivity contribution in [2.45, 2.75) is 24.3 Å². The van der Waals surface area contributed by atoms with Gasteiger partial charge >= 0.3 is 0 Å². The molecule has 0 fully saturated rings. The second kappa shape index (κ2) is 8.30. The maximum absolute atomic E-state index is 5.12. The molecule has 3 atom stereocenters. The fourth-order valence-electron chi connectivity index (χ4n) is 4.25. The summed E-state index contributed by atoms with van der Waals surface area (Å²) in [5.41, 5.74) is 2.64. The summed E-state index contributed by atoms with van der Waals surface area (Å²) < 4.78 is 0. The Morgan fingerprint density at radius 1 is 0.897 bits per heavy atom. The third kappa shape index (κ3) is 3.88. The number of nitrogens with one attached hydrogen (secondary N) is 1. The summed E-state index contributed by atoms with van der Waals surface area (Å²) in [6, 6.07) is 26.3. The molecule has 1 aliphatic heterocycles. The minimum atomic E-state index is 0.160. The summed E-state index contributed by atoms with van der Waals surface area (Å²) in [6.45, 7) is 0. The number of amidine groups is 1. The van der Waals surface area contributed by atoms with E-state index in [0.29, 0.717) is 12.0 Å². The average Bonchev–Trinajstić information content (AvgIpc) is 3.23. The number of fused-ring (bicyclic) bond motifs is 1. The number of hydrogen-bond donors (Lipinski definition) is 1. The third-order valence-electron chi connectivity index (χ3n) is 5.75. The largest absolute Gasteiger partial charge is 0.359 e. The van der Waals surface area contributed by atoms with Gasteiger partial charge in [0, 0.05) is 11.7 Å². The molecule has 0 bridgehead atoms. The Morgan fingerprint density at radius 2 is 1.72 bits per heavy atom. The van der Waals surface area contributed by atoms with E-state index in [2.05, 4.69) is 102 Å². The second-order valence-electron chi connectivity index (χ2n) is 7.60. The van der Waals surface area contributed by atoms with Crippen LogP contribution < -0.4 is 5.32 Å². The second-order valence-corrected chi connectivity index (χ2v) is 8.56. The van der Waals surface area contributed by atoms with Crippen LogP contribution in [0.2, 0.25) is 0 Å². The highest BCUT2D eigenvalue weighted by Crippen LogP contribution is 2.35. The molecular formula is C26H24N2S. The van der Waals surface area contributed by atoms with E-state index >= 15 is 0 Å². The fourth-order valence-corrected chi connectivity index (χ4v) is 5.20. The Balaban J connectivity index is 1.38. The summed E-state index contributed by atoms with van der Waals surface area (Å²) in [5, 5.41) is 7.44. The summed E-state index contributed by atoms with van der Waals surface area (Å²) in [5.74, 6) is 1.38. The molecule has 144 valence electrons. The molecule has 1 aliphatic carbocycles. The van der Waals surface area contributed by atoms with Crippen LogP contribution in [0.25, 0.3) is 10.8 Å². The van der Waals surface area contributed by atoms with E-state index in [4.69, 9.17) is 4.99 Å². The van der Waals surface area contributed by atoms with Gasteiger partial charge in [-0.3, -0.25) is 4.99 Å². The molecule has 5 rings (SSSR count). The number of hydrogen-bond acceptors (Lipinski definition) is 3. The van der Waals surface area contributed by atoms with E-state index in [-0.39, 0.29) is 6.04 Å². The number of thioether (sulfide) groups is 1. The maximum Gasteiger partial charge on any atom is 0.157 e. The Morgan fingerprint density at radius 3 is 2.59 bits per heavy atom. The van der Waals surface area contributed by atoms with E-state index in [1.165, 1.54) is 21.9 Å². The molecule has 3 aromatic rings. The van der Waals surface area contributed by atoms with Gasteiger partial charge in [0.1, 0.15) is 0 Å². The van der Waals surface area contributed by atoms with Crippen LogP contribution in [0.1, 0.15) is 23.6 Å². The molecular weight excluding hydrogens is 372 g/mol. The lowest BCUT2D eigenvalue weighted by atomic mass is 9.86. The first kappa shape index (κ1) is 18.3.